The number of halogens is 3. The second-order valence-electron chi connectivity index (χ2n) is 1.59. The number of ether oxygens (including phenoxy) is 1. The standard InChI is InChI=1S/C5H10O2.BF3/c1-3-4-7-5(2)6;2-1(3)4/h3-4H2,1-2H3;. The summed E-state index contributed by atoms with van der Waals surface area (Å²) < 4.78 is 33.6. The second kappa shape index (κ2) is 9.32. The lowest BCUT2D eigenvalue weighted by Crippen LogP contribution is -1.98. The van der Waals surface area contributed by atoms with E-state index in [2.05, 4.69) is 4.74 Å². The molecule has 0 saturated heterocycles. The van der Waals surface area contributed by atoms with Crippen molar-refractivity contribution < 1.29 is 22.5 Å². The summed E-state index contributed by atoms with van der Waals surface area (Å²) in [4.78, 5) is 9.98. The molecule has 2 nitrogen and oxygen atoms in total. The summed E-state index contributed by atoms with van der Waals surface area (Å²) in [5.74, 6) is -0.193. The van der Waals surface area contributed by atoms with Crippen molar-refractivity contribution >= 4 is 13.5 Å². The summed E-state index contributed by atoms with van der Waals surface area (Å²) in [6.07, 6.45) is 0.902. The van der Waals surface area contributed by atoms with Crippen molar-refractivity contribution in [1.29, 1.82) is 0 Å². The van der Waals surface area contributed by atoms with Gasteiger partial charge < -0.3 is 4.74 Å². The molecule has 66 valence electrons. The summed E-state index contributed by atoms with van der Waals surface area (Å²) in [6.45, 7) is 3.92. The van der Waals surface area contributed by atoms with Crippen molar-refractivity contribution in [2.45, 2.75) is 20.3 Å². The van der Waals surface area contributed by atoms with Crippen molar-refractivity contribution in [3.63, 3.8) is 0 Å². The molecule has 11 heavy (non-hydrogen) atoms. The maximum Gasteiger partial charge on any atom is 0.762 e. The van der Waals surface area contributed by atoms with E-state index in [9.17, 15) is 17.7 Å². The largest absolute Gasteiger partial charge is 0.762 e. The van der Waals surface area contributed by atoms with Crippen LogP contribution in [-0.2, 0) is 9.53 Å². The first kappa shape index (κ1) is 13.0. The van der Waals surface area contributed by atoms with Gasteiger partial charge in [0.15, 0.2) is 0 Å². The van der Waals surface area contributed by atoms with E-state index < -0.39 is 7.54 Å². The molecule has 0 bridgehead atoms. The Hall–Kier alpha value is -0.675. The number of hydrogen-bond acceptors (Lipinski definition) is 2. The smallest absolute Gasteiger partial charge is 0.466 e. The minimum absolute atomic E-state index is 0.193. The van der Waals surface area contributed by atoms with Crippen LogP contribution in [-0.4, -0.2) is 20.1 Å². The van der Waals surface area contributed by atoms with E-state index >= 15 is 0 Å². The van der Waals surface area contributed by atoms with Gasteiger partial charge in [-0.2, -0.15) is 0 Å². The van der Waals surface area contributed by atoms with Gasteiger partial charge >= 0.3 is 13.5 Å². The van der Waals surface area contributed by atoms with Gasteiger partial charge in [-0.1, -0.05) is 6.92 Å². The lowest BCUT2D eigenvalue weighted by molar-refractivity contribution is -0.140. The van der Waals surface area contributed by atoms with E-state index in [1.807, 2.05) is 6.92 Å². The van der Waals surface area contributed by atoms with Crippen LogP contribution in [0.4, 0.5) is 12.9 Å². The van der Waals surface area contributed by atoms with Crippen LogP contribution in [0.3, 0.4) is 0 Å². The van der Waals surface area contributed by atoms with E-state index in [-0.39, 0.29) is 5.97 Å². The van der Waals surface area contributed by atoms with Gasteiger partial charge in [-0.3, -0.25) is 17.7 Å². The predicted octanol–water partition coefficient (Wildman–Crippen LogP) is 1.84. The third-order valence-corrected chi connectivity index (χ3v) is 0.509. The molecule has 0 unspecified atom stereocenters. The first-order valence-corrected chi connectivity index (χ1v) is 3.06. The molecule has 0 heterocycles. The molecule has 0 aliphatic carbocycles. The highest BCUT2D eigenvalue weighted by Crippen LogP contribution is 1.80. The Balaban J connectivity index is 0. The fourth-order valence-electron chi connectivity index (χ4n) is 0.246. The molecule has 0 saturated carbocycles. The van der Waals surface area contributed by atoms with Gasteiger partial charge in [-0.25, -0.2) is 0 Å². The topological polar surface area (TPSA) is 26.3 Å². The Kier molecular flexibility index (Phi) is 11.0. The molecule has 0 radical (unpaired) electrons. The normalized spacial score (nSPS) is 7.73. The van der Waals surface area contributed by atoms with Crippen LogP contribution in [0.15, 0.2) is 0 Å². The third kappa shape index (κ3) is 45.3. The fraction of sp³-hybridized carbons (Fsp3) is 0.800. The highest BCUT2D eigenvalue weighted by molar-refractivity contribution is 6.33. The van der Waals surface area contributed by atoms with Crippen molar-refractivity contribution in [3.05, 3.63) is 0 Å². The molecule has 0 N–H and O–H groups in total. The molecule has 0 rings (SSSR count). The molecular formula is C5H10BF3O2. The molecule has 0 aromatic heterocycles. The highest BCUT2D eigenvalue weighted by Gasteiger charge is 2.06. The van der Waals surface area contributed by atoms with Crippen LogP contribution in [0.25, 0.3) is 0 Å². The third-order valence-electron chi connectivity index (χ3n) is 0.509. The van der Waals surface area contributed by atoms with Crippen LogP contribution in [0, 0.1) is 0 Å². The summed E-state index contributed by atoms with van der Waals surface area (Å²) in [6, 6.07) is 0. The number of carbonyl (C=O) groups excluding carboxylic acids is 1. The minimum atomic E-state index is -3.67. The summed E-state index contributed by atoms with van der Waals surface area (Å²) in [5, 5.41) is 0. The van der Waals surface area contributed by atoms with Crippen molar-refractivity contribution in [1.82, 2.24) is 0 Å². The average molecular weight is 170 g/mol. The van der Waals surface area contributed by atoms with Crippen LogP contribution in [0.5, 0.6) is 0 Å². The van der Waals surface area contributed by atoms with Crippen molar-refractivity contribution in [2.24, 2.45) is 0 Å². The Morgan fingerprint density at radius 3 is 1.91 bits per heavy atom. The molecule has 0 aliphatic rings. The van der Waals surface area contributed by atoms with Gasteiger partial charge in [0.1, 0.15) is 0 Å². The van der Waals surface area contributed by atoms with Crippen molar-refractivity contribution in [2.75, 3.05) is 6.61 Å². The number of carbonyl (C=O) groups is 1. The Morgan fingerprint density at radius 1 is 1.45 bits per heavy atom. The fourth-order valence-corrected chi connectivity index (χ4v) is 0.246. The minimum Gasteiger partial charge on any atom is -0.466 e. The molecule has 0 atom stereocenters. The van der Waals surface area contributed by atoms with E-state index in [0.717, 1.165) is 6.42 Å². The van der Waals surface area contributed by atoms with Crippen LogP contribution in [0.2, 0.25) is 0 Å². The van der Waals surface area contributed by atoms with Crippen LogP contribution < -0.4 is 0 Å². The molecule has 0 amide bonds. The number of rotatable bonds is 2. The zero-order chi connectivity index (χ0) is 9.28. The quantitative estimate of drug-likeness (QED) is 0.466. The van der Waals surface area contributed by atoms with Crippen molar-refractivity contribution in [3.8, 4) is 0 Å². The molecule has 0 aromatic rings. The molecular weight excluding hydrogens is 160 g/mol. The Labute approximate surface area is 63.9 Å². The number of hydrogen-bond donors (Lipinski definition) is 0. The molecule has 0 aliphatic heterocycles. The van der Waals surface area contributed by atoms with Gasteiger partial charge in [0, 0.05) is 6.92 Å². The van der Waals surface area contributed by atoms with Gasteiger partial charge in [0.25, 0.3) is 0 Å². The van der Waals surface area contributed by atoms with E-state index in [1.54, 1.807) is 0 Å². The lowest BCUT2D eigenvalue weighted by atomic mass is 10.5. The maximum absolute atomic E-state index is 9.98. The molecule has 0 fully saturated rings. The summed E-state index contributed by atoms with van der Waals surface area (Å²) in [7, 11) is -3.67. The van der Waals surface area contributed by atoms with Gasteiger partial charge in [-0.05, 0) is 6.42 Å². The van der Waals surface area contributed by atoms with Gasteiger partial charge in [-0.15, -0.1) is 0 Å². The monoisotopic (exact) mass is 170 g/mol. The molecule has 0 aromatic carbocycles. The van der Waals surface area contributed by atoms with Crippen LogP contribution in [0.1, 0.15) is 20.3 Å². The molecule has 6 heteroatoms. The SMILES string of the molecule is CCCOC(C)=O.FB(F)F. The van der Waals surface area contributed by atoms with E-state index in [1.165, 1.54) is 6.92 Å². The predicted molar refractivity (Wildman–Crippen MR) is 36.0 cm³/mol. The highest BCUT2D eigenvalue weighted by atomic mass is 19.4. The number of esters is 1. The average Bonchev–Trinajstić information content (AvgIpc) is 1.82. The Bertz CT molecular complexity index is 97.0. The van der Waals surface area contributed by atoms with Gasteiger partial charge in [0.05, 0.1) is 6.61 Å². The summed E-state index contributed by atoms with van der Waals surface area (Å²) >= 11 is 0. The summed E-state index contributed by atoms with van der Waals surface area (Å²) in [5.41, 5.74) is 0. The van der Waals surface area contributed by atoms with Crippen LogP contribution >= 0.6 is 0 Å². The van der Waals surface area contributed by atoms with E-state index in [4.69, 9.17) is 0 Å². The zero-order valence-corrected chi connectivity index (χ0v) is 6.44. The Morgan fingerprint density at radius 2 is 1.82 bits per heavy atom. The second-order valence-corrected chi connectivity index (χ2v) is 1.59. The first-order valence-electron chi connectivity index (χ1n) is 3.06. The van der Waals surface area contributed by atoms with E-state index in [0.29, 0.717) is 6.61 Å². The van der Waals surface area contributed by atoms with Gasteiger partial charge in [0.2, 0.25) is 0 Å². The maximum atomic E-state index is 9.98. The lowest BCUT2D eigenvalue weighted by Gasteiger charge is -1.93. The first-order chi connectivity index (χ1) is 5.00. The molecule has 0 spiro atoms. The zero-order valence-electron chi connectivity index (χ0n) is 6.44.